The van der Waals surface area contributed by atoms with Gasteiger partial charge in [-0.3, -0.25) is 9.59 Å². The third-order valence-electron chi connectivity index (χ3n) is 3.76. The summed E-state index contributed by atoms with van der Waals surface area (Å²) >= 11 is 0. The molecule has 0 saturated heterocycles. The van der Waals surface area contributed by atoms with E-state index in [0.717, 1.165) is 36.9 Å². The van der Waals surface area contributed by atoms with E-state index in [1.165, 1.54) is 0 Å². The Balaban J connectivity index is 1.95. The van der Waals surface area contributed by atoms with E-state index in [2.05, 4.69) is 5.32 Å². The van der Waals surface area contributed by atoms with Gasteiger partial charge in [-0.1, -0.05) is 25.0 Å². The van der Waals surface area contributed by atoms with Crippen LogP contribution in [0.5, 0.6) is 0 Å². The number of hydrogen-bond donors (Lipinski definition) is 3. The highest BCUT2D eigenvalue weighted by Crippen LogP contribution is 2.24. The fraction of sp³-hybridized carbons (Fsp3) is 0.467. The van der Waals surface area contributed by atoms with E-state index in [9.17, 15) is 9.59 Å². The maximum absolute atomic E-state index is 12.2. The van der Waals surface area contributed by atoms with E-state index in [0.29, 0.717) is 0 Å². The van der Waals surface area contributed by atoms with Gasteiger partial charge >= 0.3 is 0 Å². The van der Waals surface area contributed by atoms with Crippen LogP contribution >= 0.6 is 0 Å². The van der Waals surface area contributed by atoms with Crippen molar-refractivity contribution in [3.63, 3.8) is 0 Å². The number of carbonyl (C=O) groups excluding carboxylic acids is 2. The van der Waals surface area contributed by atoms with E-state index < -0.39 is 0 Å². The topological polar surface area (TPSA) is 98.2 Å². The van der Waals surface area contributed by atoms with Gasteiger partial charge in [-0.2, -0.15) is 0 Å². The lowest BCUT2D eigenvalue weighted by Gasteiger charge is -2.27. The number of amides is 2. The lowest BCUT2D eigenvalue weighted by molar-refractivity contribution is -0.121. The monoisotopic (exact) mass is 275 g/mol. The molecule has 5 nitrogen and oxygen atoms in total. The molecule has 1 aliphatic carbocycles. The molecule has 5 heteroatoms. The van der Waals surface area contributed by atoms with Crippen molar-refractivity contribution < 1.29 is 9.59 Å². The number of benzene rings is 1. The van der Waals surface area contributed by atoms with Crippen molar-refractivity contribution in [1.82, 2.24) is 0 Å². The molecular weight excluding hydrogens is 254 g/mol. The van der Waals surface area contributed by atoms with Gasteiger partial charge in [-0.25, -0.2) is 0 Å². The average molecular weight is 275 g/mol. The molecule has 1 aliphatic rings. The molecule has 2 unspecified atom stereocenters. The van der Waals surface area contributed by atoms with Crippen molar-refractivity contribution in [1.29, 1.82) is 0 Å². The van der Waals surface area contributed by atoms with Gasteiger partial charge in [0.15, 0.2) is 0 Å². The van der Waals surface area contributed by atoms with Gasteiger partial charge in [0.25, 0.3) is 0 Å². The van der Waals surface area contributed by atoms with E-state index in [1.807, 2.05) is 0 Å². The predicted octanol–water partition coefficient (Wildman–Crippen LogP) is 1.17. The molecule has 1 saturated carbocycles. The fourth-order valence-electron chi connectivity index (χ4n) is 2.63. The van der Waals surface area contributed by atoms with E-state index >= 15 is 0 Å². The number of carbonyl (C=O) groups is 2. The summed E-state index contributed by atoms with van der Waals surface area (Å²) in [6.07, 6.45) is 4.14. The Bertz CT molecular complexity index is 484. The van der Waals surface area contributed by atoms with Gasteiger partial charge in [0, 0.05) is 11.7 Å². The summed E-state index contributed by atoms with van der Waals surface area (Å²) in [7, 11) is 0. The molecule has 2 amide bonds. The summed E-state index contributed by atoms with van der Waals surface area (Å²) in [5.41, 5.74) is 12.7. The van der Waals surface area contributed by atoms with Gasteiger partial charge in [0.2, 0.25) is 11.8 Å². The quantitative estimate of drug-likeness (QED) is 0.769. The molecule has 0 aromatic heterocycles. The molecule has 20 heavy (non-hydrogen) atoms. The summed E-state index contributed by atoms with van der Waals surface area (Å²) in [6.45, 7) is 0. The zero-order chi connectivity index (χ0) is 14.5. The zero-order valence-electron chi connectivity index (χ0n) is 11.5. The molecule has 0 spiro atoms. The van der Waals surface area contributed by atoms with Gasteiger partial charge < -0.3 is 16.8 Å². The summed E-state index contributed by atoms with van der Waals surface area (Å²) < 4.78 is 0. The zero-order valence-corrected chi connectivity index (χ0v) is 11.5. The first-order valence-electron chi connectivity index (χ1n) is 7.00. The van der Waals surface area contributed by atoms with Crippen LogP contribution < -0.4 is 16.8 Å². The molecule has 0 bridgehead atoms. The van der Waals surface area contributed by atoms with Gasteiger partial charge in [0.1, 0.15) is 0 Å². The van der Waals surface area contributed by atoms with Crippen LogP contribution in [0.25, 0.3) is 0 Å². The summed E-state index contributed by atoms with van der Waals surface area (Å²) in [4.78, 5) is 23.0. The van der Waals surface area contributed by atoms with Crippen molar-refractivity contribution in [2.45, 2.75) is 38.1 Å². The van der Waals surface area contributed by atoms with Crippen molar-refractivity contribution in [2.24, 2.45) is 17.4 Å². The Morgan fingerprint density at radius 1 is 1.15 bits per heavy atom. The predicted molar refractivity (Wildman–Crippen MR) is 77.9 cm³/mol. The molecule has 0 aliphatic heterocycles. The number of rotatable bonds is 4. The molecule has 1 aromatic rings. The van der Waals surface area contributed by atoms with Crippen LogP contribution in [0, 0.1) is 5.92 Å². The molecule has 1 aromatic carbocycles. The van der Waals surface area contributed by atoms with Gasteiger partial charge in [0.05, 0.1) is 12.3 Å². The second kappa shape index (κ2) is 6.52. The molecule has 1 fully saturated rings. The average Bonchev–Trinajstić information content (AvgIpc) is 2.41. The van der Waals surface area contributed by atoms with Crippen LogP contribution in [-0.2, 0) is 16.0 Å². The SMILES string of the molecule is NC(=O)Cc1ccc(NC(=O)C2CCCCC2N)cc1. The second-order valence-electron chi connectivity index (χ2n) is 5.38. The van der Waals surface area contributed by atoms with Crippen molar-refractivity contribution in [2.75, 3.05) is 5.32 Å². The fourth-order valence-corrected chi connectivity index (χ4v) is 2.63. The maximum Gasteiger partial charge on any atom is 0.229 e. The molecule has 108 valence electrons. The van der Waals surface area contributed by atoms with Crippen LogP contribution in [0.15, 0.2) is 24.3 Å². The molecule has 0 radical (unpaired) electrons. The number of primary amides is 1. The molecule has 2 atom stereocenters. The molecule has 2 rings (SSSR count). The van der Waals surface area contributed by atoms with Crippen LogP contribution in [0.1, 0.15) is 31.2 Å². The second-order valence-corrected chi connectivity index (χ2v) is 5.38. The minimum absolute atomic E-state index is 0.0140. The number of anilines is 1. The number of nitrogens with two attached hydrogens (primary N) is 2. The summed E-state index contributed by atoms with van der Waals surface area (Å²) in [5.74, 6) is -0.483. The Kier molecular flexibility index (Phi) is 4.74. The molecule has 0 heterocycles. The van der Waals surface area contributed by atoms with E-state index in [1.54, 1.807) is 24.3 Å². The summed E-state index contributed by atoms with van der Waals surface area (Å²) in [6, 6.07) is 7.11. The third-order valence-corrected chi connectivity index (χ3v) is 3.76. The van der Waals surface area contributed by atoms with Gasteiger partial charge in [-0.05, 0) is 30.5 Å². The highest BCUT2D eigenvalue weighted by Gasteiger charge is 2.28. The first kappa shape index (κ1) is 14.5. The van der Waals surface area contributed by atoms with Crippen LogP contribution in [0.4, 0.5) is 5.69 Å². The number of hydrogen-bond acceptors (Lipinski definition) is 3. The first-order valence-corrected chi connectivity index (χ1v) is 7.00. The van der Waals surface area contributed by atoms with Crippen molar-refractivity contribution in [3.8, 4) is 0 Å². The minimum Gasteiger partial charge on any atom is -0.369 e. The minimum atomic E-state index is -0.366. The Hall–Kier alpha value is -1.88. The van der Waals surface area contributed by atoms with Crippen LogP contribution in [0.2, 0.25) is 0 Å². The summed E-state index contributed by atoms with van der Waals surface area (Å²) in [5, 5.41) is 2.89. The van der Waals surface area contributed by atoms with E-state index in [-0.39, 0.29) is 30.2 Å². The largest absolute Gasteiger partial charge is 0.369 e. The lowest BCUT2D eigenvalue weighted by atomic mass is 9.84. The molecular formula is C15H21N3O2. The Morgan fingerprint density at radius 2 is 1.80 bits per heavy atom. The standard InChI is InChI=1S/C15H21N3O2/c16-13-4-2-1-3-12(13)15(20)18-11-7-5-10(6-8-11)9-14(17)19/h5-8,12-13H,1-4,9,16H2,(H2,17,19)(H,18,20). The smallest absolute Gasteiger partial charge is 0.229 e. The van der Waals surface area contributed by atoms with Crippen molar-refractivity contribution in [3.05, 3.63) is 29.8 Å². The lowest BCUT2D eigenvalue weighted by Crippen LogP contribution is -2.40. The van der Waals surface area contributed by atoms with E-state index in [4.69, 9.17) is 11.5 Å². The molecule has 5 N–H and O–H groups in total. The first-order chi connectivity index (χ1) is 9.56. The van der Waals surface area contributed by atoms with Crippen LogP contribution in [-0.4, -0.2) is 17.9 Å². The normalized spacial score (nSPS) is 22.2. The van der Waals surface area contributed by atoms with Crippen LogP contribution in [0.3, 0.4) is 0 Å². The Morgan fingerprint density at radius 3 is 2.40 bits per heavy atom. The Labute approximate surface area is 118 Å². The third kappa shape index (κ3) is 3.81. The highest BCUT2D eigenvalue weighted by molar-refractivity contribution is 5.93. The van der Waals surface area contributed by atoms with Crippen molar-refractivity contribution >= 4 is 17.5 Å². The van der Waals surface area contributed by atoms with Gasteiger partial charge in [-0.15, -0.1) is 0 Å². The number of nitrogens with one attached hydrogen (secondary N) is 1. The highest BCUT2D eigenvalue weighted by atomic mass is 16.2. The maximum atomic E-state index is 12.2.